The molecule has 0 saturated heterocycles. The Bertz CT molecular complexity index is 508. The van der Waals surface area contributed by atoms with Gasteiger partial charge in [0.25, 0.3) is 0 Å². The van der Waals surface area contributed by atoms with Crippen LogP contribution in [-0.2, 0) is 0 Å². The SMILES string of the molecule is Cc1ccc(SCC(NN)c2ccc(C)nc2)cc1. The van der Waals surface area contributed by atoms with Gasteiger partial charge in [-0.2, -0.15) is 0 Å². The van der Waals surface area contributed by atoms with Crippen LogP contribution in [0.25, 0.3) is 0 Å². The molecule has 1 atom stereocenters. The molecule has 19 heavy (non-hydrogen) atoms. The highest BCUT2D eigenvalue weighted by Crippen LogP contribution is 2.24. The number of aryl methyl sites for hydroxylation is 2. The van der Waals surface area contributed by atoms with Crippen LogP contribution < -0.4 is 11.3 Å². The number of hydrogen-bond donors (Lipinski definition) is 2. The highest BCUT2D eigenvalue weighted by atomic mass is 32.2. The second kappa shape index (κ2) is 6.70. The molecule has 100 valence electrons. The van der Waals surface area contributed by atoms with Crippen LogP contribution in [0.1, 0.15) is 22.9 Å². The van der Waals surface area contributed by atoms with Gasteiger partial charge in [-0.05, 0) is 37.6 Å². The van der Waals surface area contributed by atoms with Gasteiger partial charge in [-0.15, -0.1) is 11.8 Å². The van der Waals surface area contributed by atoms with E-state index in [-0.39, 0.29) is 6.04 Å². The third-order valence-electron chi connectivity index (χ3n) is 2.98. The number of hydrogen-bond acceptors (Lipinski definition) is 4. The first-order valence-electron chi connectivity index (χ1n) is 6.27. The lowest BCUT2D eigenvalue weighted by Crippen LogP contribution is -2.29. The Hall–Kier alpha value is -1.36. The Kier molecular flexibility index (Phi) is 4.96. The van der Waals surface area contributed by atoms with Crippen LogP contribution in [0.3, 0.4) is 0 Å². The zero-order chi connectivity index (χ0) is 13.7. The van der Waals surface area contributed by atoms with Crippen LogP contribution in [0.5, 0.6) is 0 Å². The van der Waals surface area contributed by atoms with E-state index in [0.29, 0.717) is 0 Å². The van der Waals surface area contributed by atoms with Crippen LogP contribution in [0.4, 0.5) is 0 Å². The predicted molar refractivity (Wildman–Crippen MR) is 80.9 cm³/mol. The average Bonchev–Trinajstić information content (AvgIpc) is 2.43. The molecule has 0 radical (unpaired) electrons. The molecule has 3 N–H and O–H groups in total. The van der Waals surface area contributed by atoms with Crippen LogP contribution in [0.15, 0.2) is 47.5 Å². The second-order valence-electron chi connectivity index (χ2n) is 4.58. The zero-order valence-corrected chi connectivity index (χ0v) is 12.1. The van der Waals surface area contributed by atoms with Crippen molar-refractivity contribution in [2.75, 3.05) is 5.75 Å². The van der Waals surface area contributed by atoms with Crippen LogP contribution in [-0.4, -0.2) is 10.7 Å². The number of hydrazine groups is 1. The van der Waals surface area contributed by atoms with Gasteiger partial charge in [0.1, 0.15) is 0 Å². The maximum Gasteiger partial charge on any atom is 0.0569 e. The summed E-state index contributed by atoms with van der Waals surface area (Å²) < 4.78 is 0. The van der Waals surface area contributed by atoms with E-state index in [1.807, 2.05) is 19.2 Å². The first-order chi connectivity index (χ1) is 9.19. The van der Waals surface area contributed by atoms with Gasteiger partial charge in [-0.3, -0.25) is 16.3 Å². The van der Waals surface area contributed by atoms with Crippen molar-refractivity contribution in [2.24, 2.45) is 5.84 Å². The molecule has 0 aliphatic rings. The first-order valence-corrected chi connectivity index (χ1v) is 7.26. The minimum Gasteiger partial charge on any atom is -0.271 e. The largest absolute Gasteiger partial charge is 0.271 e. The number of nitrogens with two attached hydrogens (primary N) is 1. The van der Waals surface area contributed by atoms with Gasteiger partial charge < -0.3 is 0 Å². The number of aromatic nitrogens is 1. The van der Waals surface area contributed by atoms with Crippen molar-refractivity contribution in [2.45, 2.75) is 24.8 Å². The molecule has 2 aromatic rings. The molecule has 1 aromatic heterocycles. The average molecular weight is 273 g/mol. The Labute approximate surface area is 118 Å². The number of thioether (sulfide) groups is 1. The molecule has 1 aromatic carbocycles. The van der Waals surface area contributed by atoms with Crippen molar-refractivity contribution in [3.8, 4) is 0 Å². The fourth-order valence-corrected chi connectivity index (χ4v) is 2.72. The van der Waals surface area contributed by atoms with E-state index in [9.17, 15) is 0 Å². The summed E-state index contributed by atoms with van der Waals surface area (Å²) in [5, 5.41) is 0. The summed E-state index contributed by atoms with van der Waals surface area (Å²) in [6.07, 6.45) is 1.88. The summed E-state index contributed by atoms with van der Waals surface area (Å²) >= 11 is 1.79. The summed E-state index contributed by atoms with van der Waals surface area (Å²) in [6.45, 7) is 4.08. The molecule has 3 nitrogen and oxygen atoms in total. The van der Waals surface area contributed by atoms with Crippen LogP contribution in [0.2, 0.25) is 0 Å². The van der Waals surface area contributed by atoms with Crippen LogP contribution >= 0.6 is 11.8 Å². The third kappa shape index (κ3) is 4.06. The smallest absolute Gasteiger partial charge is 0.0569 e. The van der Waals surface area contributed by atoms with E-state index in [2.05, 4.69) is 47.7 Å². The summed E-state index contributed by atoms with van der Waals surface area (Å²) in [6, 6.07) is 12.7. The van der Waals surface area contributed by atoms with E-state index in [0.717, 1.165) is 17.0 Å². The maximum absolute atomic E-state index is 5.64. The van der Waals surface area contributed by atoms with E-state index in [1.165, 1.54) is 10.5 Å². The highest BCUT2D eigenvalue weighted by Gasteiger charge is 2.10. The molecule has 0 bridgehead atoms. The Morgan fingerprint density at radius 1 is 1.16 bits per heavy atom. The minimum absolute atomic E-state index is 0.111. The van der Waals surface area contributed by atoms with Gasteiger partial charge in [-0.25, -0.2) is 0 Å². The molecule has 0 aliphatic heterocycles. The minimum atomic E-state index is 0.111. The fourth-order valence-electron chi connectivity index (χ4n) is 1.74. The predicted octanol–water partition coefficient (Wildman–Crippen LogP) is 3.00. The Balaban J connectivity index is 1.99. The van der Waals surface area contributed by atoms with Gasteiger partial charge in [-0.1, -0.05) is 23.8 Å². The molecule has 0 spiro atoms. The number of pyridine rings is 1. The summed E-state index contributed by atoms with van der Waals surface area (Å²) in [7, 11) is 0. The van der Waals surface area contributed by atoms with E-state index in [4.69, 9.17) is 5.84 Å². The normalized spacial score (nSPS) is 12.4. The standard InChI is InChI=1S/C15H19N3S/c1-11-3-7-14(8-4-11)19-10-15(18-16)13-6-5-12(2)17-9-13/h3-9,15,18H,10,16H2,1-2H3. The quantitative estimate of drug-likeness (QED) is 0.499. The molecular weight excluding hydrogens is 254 g/mol. The molecule has 1 unspecified atom stereocenters. The topological polar surface area (TPSA) is 50.9 Å². The lowest BCUT2D eigenvalue weighted by atomic mass is 10.1. The third-order valence-corrected chi connectivity index (χ3v) is 4.08. The van der Waals surface area contributed by atoms with Crippen LogP contribution in [0, 0.1) is 13.8 Å². The molecule has 2 rings (SSSR count). The Morgan fingerprint density at radius 2 is 1.89 bits per heavy atom. The summed E-state index contributed by atoms with van der Waals surface area (Å²) in [5.41, 5.74) is 6.27. The van der Waals surface area contributed by atoms with E-state index >= 15 is 0 Å². The van der Waals surface area contributed by atoms with Crippen molar-refractivity contribution in [1.82, 2.24) is 10.4 Å². The zero-order valence-electron chi connectivity index (χ0n) is 11.3. The lowest BCUT2D eigenvalue weighted by Gasteiger charge is -2.15. The number of rotatable bonds is 5. The maximum atomic E-state index is 5.64. The highest BCUT2D eigenvalue weighted by molar-refractivity contribution is 7.99. The number of benzene rings is 1. The second-order valence-corrected chi connectivity index (χ2v) is 5.67. The molecule has 0 fully saturated rings. The number of nitrogens with zero attached hydrogens (tertiary/aromatic N) is 1. The number of nitrogens with one attached hydrogen (secondary N) is 1. The molecular formula is C15H19N3S. The lowest BCUT2D eigenvalue weighted by molar-refractivity contribution is 0.608. The first kappa shape index (κ1) is 14.1. The van der Waals surface area contributed by atoms with Gasteiger partial charge >= 0.3 is 0 Å². The van der Waals surface area contributed by atoms with E-state index in [1.54, 1.807) is 11.8 Å². The Morgan fingerprint density at radius 3 is 2.47 bits per heavy atom. The molecule has 0 saturated carbocycles. The molecule has 0 amide bonds. The van der Waals surface area contributed by atoms with E-state index < -0.39 is 0 Å². The summed E-state index contributed by atoms with van der Waals surface area (Å²) in [5.74, 6) is 6.52. The molecule has 0 aliphatic carbocycles. The van der Waals surface area contributed by atoms with Crippen molar-refractivity contribution in [1.29, 1.82) is 0 Å². The fraction of sp³-hybridized carbons (Fsp3) is 0.267. The van der Waals surface area contributed by atoms with Crippen molar-refractivity contribution in [3.63, 3.8) is 0 Å². The van der Waals surface area contributed by atoms with Crippen molar-refractivity contribution < 1.29 is 0 Å². The van der Waals surface area contributed by atoms with Gasteiger partial charge in [0.05, 0.1) is 6.04 Å². The van der Waals surface area contributed by atoms with Gasteiger partial charge in [0.15, 0.2) is 0 Å². The van der Waals surface area contributed by atoms with Gasteiger partial charge in [0.2, 0.25) is 0 Å². The van der Waals surface area contributed by atoms with Gasteiger partial charge in [0, 0.05) is 22.5 Å². The van der Waals surface area contributed by atoms with Crippen molar-refractivity contribution >= 4 is 11.8 Å². The molecule has 1 heterocycles. The summed E-state index contributed by atoms with van der Waals surface area (Å²) in [4.78, 5) is 5.57. The monoisotopic (exact) mass is 273 g/mol. The van der Waals surface area contributed by atoms with Crippen molar-refractivity contribution in [3.05, 3.63) is 59.4 Å². The molecule has 4 heteroatoms.